The van der Waals surface area contributed by atoms with Crippen molar-refractivity contribution in [2.45, 2.75) is 32.2 Å². The van der Waals surface area contributed by atoms with E-state index < -0.39 is 0 Å². The maximum Gasteiger partial charge on any atom is 0.248 e. The molecule has 1 unspecified atom stereocenters. The Balaban J connectivity index is 0.000000165. The first-order valence-electron chi connectivity index (χ1n) is 13.5. The topological polar surface area (TPSA) is 110 Å². The number of halogens is 1. The van der Waals surface area contributed by atoms with Crippen molar-refractivity contribution in [3.8, 4) is 17.2 Å². The van der Waals surface area contributed by atoms with Gasteiger partial charge in [0, 0.05) is 72.4 Å². The number of pyridine rings is 1. The second-order valence-corrected chi connectivity index (χ2v) is 11.3. The zero-order chi connectivity index (χ0) is 28.2. The molecule has 2 aromatic carbocycles. The number of primary amides is 1. The lowest BCUT2D eigenvalue weighted by molar-refractivity contribution is -0.116. The summed E-state index contributed by atoms with van der Waals surface area (Å²) in [6, 6.07) is 13.3. The number of fused-ring (bicyclic) bond motifs is 2. The summed E-state index contributed by atoms with van der Waals surface area (Å²) in [5.41, 5.74) is 9.13. The molecule has 1 saturated heterocycles. The van der Waals surface area contributed by atoms with Crippen molar-refractivity contribution in [1.29, 1.82) is 0 Å². The Hall–Kier alpha value is -3.47. The number of nitrogens with two attached hydrogens (primary N) is 1. The molecule has 0 aliphatic carbocycles. The summed E-state index contributed by atoms with van der Waals surface area (Å²) in [6.07, 6.45) is 2.76. The van der Waals surface area contributed by atoms with E-state index in [0.717, 1.165) is 66.6 Å². The van der Waals surface area contributed by atoms with Gasteiger partial charge in [0.15, 0.2) is 0 Å². The minimum atomic E-state index is -0.387. The van der Waals surface area contributed by atoms with E-state index in [1.165, 1.54) is 11.1 Å². The number of nitrogens with one attached hydrogen (secondary N) is 1. The van der Waals surface area contributed by atoms with Crippen molar-refractivity contribution in [3.05, 3.63) is 75.4 Å². The fourth-order valence-electron chi connectivity index (χ4n) is 4.97. The summed E-state index contributed by atoms with van der Waals surface area (Å²) in [6.45, 7) is 8.15. The molecule has 6 rings (SSSR count). The van der Waals surface area contributed by atoms with Crippen LogP contribution in [0.25, 0.3) is 0 Å². The predicted octanol–water partition coefficient (Wildman–Crippen LogP) is 4.55. The second kappa shape index (κ2) is 12.4. The number of hydrogen-bond acceptors (Lipinski definition) is 7. The van der Waals surface area contributed by atoms with Gasteiger partial charge in [0.1, 0.15) is 23.1 Å². The highest BCUT2D eigenvalue weighted by molar-refractivity contribution is 9.10. The fourth-order valence-corrected chi connectivity index (χ4v) is 5.47. The Labute approximate surface area is 242 Å². The van der Waals surface area contributed by atoms with Gasteiger partial charge >= 0.3 is 0 Å². The van der Waals surface area contributed by atoms with E-state index in [9.17, 15) is 9.59 Å². The van der Waals surface area contributed by atoms with Gasteiger partial charge in [-0.05, 0) is 55.4 Å². The normalized spacial score (nSPS) is 18.5. The van der Waals surface area contributed by atoms with Crippen LogP contribution in [0.2, 0.25) is 0 Å². The number of rotatable bonds is 5. The molecular formula is C30H34BrN5O4. The minimum absolute atomic E-state index is 0.000606. The van der Waals surface area contributed by atoms with Crippen LogP contribution in [0.15, 0.2) is 53.1 Å². The Morgan fingerprint density at radius 3 is 2.70 bits per heavy atom. The third-order valence-electron chi connectivity index (χ3n) is 7.43. The largest absolute Gasteiger partial charge is 0.493 e. The number of ether oxygens (including phenoxy) is 2. The third-order valence-corrected chi connectivity index (χ3v) is 8.17. The minimum Gasteiger partial charge on any atom is -0.493 e. The SMILES string of the molecule is CC1COc2ccc(Oc3ccnc4c3CCC(=O)N4)cc21.CN1CCN(Cc2ccc(C(N)=O)cc2Br)CC1. The number of amides is 2. The number of piperazine rings is 1. The highest BCUT2D eigenvalue weighted by atomic mass is 79.9. The van der Waals surface area contributed by atoms with Crippen molar-refractivity contribution in [1.82, 2.24) is 14.8 Å². The quantitative estimate of drug-likeness (QED) is 0.438. The predicted molar refractivity (Wildman–Crippen MR) is 157 cm³/mol. The standard InChI is InChI=1S/C17H16N2O3.C13H18BrN3O/c1-10-9-21-14-4-2-11(8-13(10)14)22-15-6-7-18-17-12(15)3-5-16(20)19-17;1-16-4-6-17(7-5-16)9-11-3-2-10(13(15)18)8-12(11)14/h2,4,6-8,10H,3,5,9H2,1H3,(H,18,19,20);2-3,8H,4-7,9H2,1H3,(H2,15,18). The Kier molecular flexibility index (Phi) is 8.68. The van der Waals surface area contributed by atoms with Gasteiger partial charge in [-0.3, -0.25) is 14.5 Å². The van der Waals surface area contributed by atoms with Crippen molar-refractivity contribution in [3.63, 3.8) is 0 Å². The summed E-state index contributed by atoms with van der Waals surface area (Å²) >= 11 is 3.51. The summed E-state index contributed by atoms with van der Waals surface area (Å²) in [7, 11) is 2.15. The van der Waals surface area contributed by atoms with Crippen LogP contribution < -0.4 is 20.5 Å². The van der Waals surface area contributed by atoms with E-state index >= 15 is 0 Å². The molecule has 1 aromatic heterocycles. The van der Waals surface area contributed by atoms with Crippen LogP contribution in [0.5, 0.6) is 17.2 Å². The number of benzene rings is 2. The molecule has 3 aliphatic heterocycles. The van der Waals surface area contributed by atoms with Crippen LogP contribution in [-0.4, -0.2) is 66.4 Å². The smallest absolute Gasteiger partial charge is 0.248 e. The van der Waals surface area contributed by atoms with Crippen molar-refractivity contribution in [2.75, 3.05) is 45.2 Å². The van der Waals surface area contributed by atoms with Gasteiger partial charge in [0.2, 0.25) is 11.8 Å². The van der Waals surface area contributed by atoms with E-state index in [0.29, 0.717) is 30.1 Å². The first-order chi connectivity index (χ1) is 19.3. The molecule has 210 valence electrons. The molecule has 9 nitrogen and oxygen atoms in total. The number of carbonyl (C=O) groups is 2. The molecule has 0 radical (unpaired) electrons. The van der Waals surface area contributed by atoms with Gasteiger partial charge in [-0.25, -0.2) is 4.98 Å². The molecule has 1 fully saturated rings. The van der Waals surface area contributed by atoms with Gasteiger partial charge in [0.25, 0.3) is 0 Å². The molecule has 2 amide bonds. The van der Waals surface area contributed by atoms with Gasteiger partial charge in [0.05, 0.1) is 6.61 Å². The Morgan fingerprint density at radius 1 is 1.15 bits per heavy atom. The zero-order valence-corrected chi connectivity index (χ0v) is 24.4. The maximum atomic E-state index is 11.5. The number of anilines is 1. The number of likely N-dealkylation sites (N-methyl/N-ethyl adjacent to an activating group) is 1. The molecule has 0 spiro atoms. The monoisotopic (exact) mass is 607 g/mol. The molecular weight excluding hydrogens is 574 g/mol. The average molecular weight is 609 g/mol. The molecule has 3 aromatic rings. The van der Waals surface area contributed by atoms with Crippen LogP contribution in [0.3, 0.4) is 0 Å². The van der Waals surface area contributed by atoms with E-state index in [2.05, 4.69) is 50.0 Å². The van der Waals surface area contributed by atoms with E-state index in [-0.39, 0.29) is 11.8 Å². The molecule has 10 heteroatoms. The third kappa shape index (κ3) is 6.63. The van der Waals surface area contributed by atoms with Crippen LogP contribution in [-0.2, 0) is 17.8 Å². The summed E-state index contributed by atoms with van der Waals surface area (Å²) in [5, 5.41) is 2.78. The zero-order valence-electron chi connectivity index (χ0n) is 22.8. The number of carbonyl (C=O) groups excluding carboxylic acids is 2. The van der Waals surface area contributed by atoms with Gasteiger partial charge in [-0.2, -0.15) is 0 Å². The lowest BCUT2D eigenvalue weighted by atomic mass is 10.0. The summed E-state index contributed by atoms with van der Waals surface area (Å²) < 4.78 is 12.6. The summed E-state index contributed by atoms with van der Waals surface area (Å²) in [4.78, 5) is 31.5. The second-order valence-electron chi connectivity index (χ2n) is 10.4. The fraction of sp³-hybridized carbons (Fsp3) is 0.367. The summed E-state index contributed by atoms with van der Waals surface area (Å²) in [5.74, 6) is 3.06. The van der Waals surface area contributed by atoms with Gasteiger partial charge < -0.3 is 25.4 Å². The first kappa shape index (κ1) is 28.1. The highest BCUT2D eigenvalue weighted by Crippen LogP contribution is 2.38. The lowest BCUT2D eigenvalue weighted by Gasteiger charge is -2.32. The molecule has 3 aliphatic rings. The first-order valence-corrected chi connectivity index (χ1v) is 14.3. The molecule has 0 saturated carbocycles. The van der Waals surface area contributed by atoms with E-state index in [4.69, 9.17) is 15.2 Å². The molecule has 1 atom stereocenters. The molecule has 3 N–H and O–H groups in total. The highest BCUT2D eigenvalue weighted by Gasteiger charge is 2.23. The van der Waals surface area contributed by atoms with Crippen molar-refractivity contribution >= 4 is 33.6 Å². The van der Waals surface area contributed by atoms with Crippen LogP contribution in [0, 0.1) is 0 Å². The molecule has 4 heterocycles. The maximum absolute atomic E-state index is 11.5. The van der Waals surface area contributed by atoms with Crippen LogP contribution >= 0.6 is 15.9 Å². The van der Waals surface area contributed by atoms with Gasteiger partial charge in [-0.15, -0.1) is 0 Å². The number of hydrogen-bond donors (Lipinski definition) is 2. The average Bonchev–Trinajstić information content (AvgIpc) is 3.31. The van der Waals surface area contributed by atoms with Crippen molar-refractivity contribution in [2.24, 2.45) is 5.73 Å². The molecule has 0 bridgehead atoms. The van der Waals surface area contributed by atoms with Gasteiger partial charge in [-0.1, -0.05) is 28.9 Å². The Morgan fingerprint density at radius 2 is 1.95 bits per heavy atom. The van der Waals surface area contributed by atoms with Crippen LogP contribution in [0.1, 0.15) is 46.3 Å². The van der Waals surface area contributed by atoms with Crippen LogP contribution in [0.4, 0.5) is 5.82 Å². The molecule has 40 heavy (non-hydrogen) atoms. The lowest BCUT2D eigenvalue weighted by Crippen LogP contribution is -2.43. The van der Waals surface area contributed by atoms with E-state index in [1.807, 2.05) is 30.3 Å². The van der Waals surface area contributed by atoms with E-state index in [1.54, 1.807) is 18.3 Å². The number of aromatic nitrogens is 1. The van der Waals surface area contributed by atoms with Crippen molar-refractivity contribution < 1.29 is 19.1 Å². The number of nitrogens with zero attached hydrogens (tertiary/aromatic N) is 3. The Bertz CT molecular complexity index is 1410.